The summed E-state index contributed by atoms with van der Waals surface area (Å²) < 4.78 is 35.3. The number of hydrogen-bond donors (Lipinski definition) is 4. The molecule has 0 saturated heterocycles. The molecular weight excluding hydrogens is 510 g/mol. The minimum atomic E-state index is -4.07. The fraction of sp³-hybridized carbons (Fsp3) is 0.444. The van der Waals surface area contributed by atoms with E-state index in [9.17, 15) is 22.8 Å². The summed E-state index contributed by atoms with van der Waals surface area (Å²) in [6, 6.07) is 13.9. The van der Waals surface area contributed by atoms with Crippen molar-refractivity contribution in [1.29, 1.82) is 0 Å². The van der Waals surface area contributed by atoms with Gasteiger partial charge in [-0.15, -0.1) is 0 Å². The largest absolute Gasteiger partial charge is 0.425 e. The van der Waals surface area contributed by atoms with Crippen LogP contribution >= 0.6 is 0 Å². The maximum absolute atomic E-state index is 12.4. The summed E-state index contributed by atoms with van der Waals surface area (Å²) >= 11 is 0. The van der Waals surface area contributed by atoms with E-state index >= 15 is 0 Å². The Kier molecular flexibility index (Phi) is 13.1. The standard InChI is InChI=1S/C20H31N3O7S.C7H8/c1-13-8-14(2)19(15(9-13)30-18(26)11-21)20(3,4)10-16(24)23-12-17(25)22-6-5-7-31(27,28)29;1-7-5-3-2-4-6-7/h8-9H,5-7,10-12,21H2,1-4H3,(H,22,25)(H,23,24)(H,27,28,29);2-6H,1H3. The average molecular weight is 550 g/mol. The zero-order valence-corrected chi connectivity index (χ0v) is 23.5. The predicted molar refractivity (Wildman–Crippen MR) is 146 cm³/mol. The van der Waals surface area contributed by atoms with Gasteiger partial charge in [0.15, 0.2) is 0 Å². The van der Waals surface area contributed by atoms with Gasteiger partial charge in [-0.25, -0.2) is 0 Å². The Balaban J connectivity index is 0.000000884. The van der Waals surface area contributed by atoms with E-state index in [0.717, 1.165) is 11.1 Å². The Hall–Kier alpha value is -3.28. The van der Waals surface area contributed by atoms with Gasteiger partial charge in [0.05, 0.1) is 18.8 Å². The lowest BCUT2D eigenvalue weighted by atomic mass is 9.78. The lowest BCUT2D eigenvalue weighted by Gasteiger charge is -2.29. The highest BCUT2D eigenvalue weighted by atomic mass is 32.2. The van der Waals surface area contributed by atoms with Gasteiger partial charge in [-0.1, -0.05) is 55.8 Å². The minimum absolute atomic E-state index is 0.0279. The van der Waals surface area contributed by atoms with Gasteiger partial charge in [0.25, 0.3) is 10.1 Å². The van der Waals surface area contributed by atoms with E-state index in [1.807, 2.05) is 52.0 Å². The second-order valence-corrected chi connectivity index (χ2v) is 11.2. The van der Waals surface area contributed by atoms with E-state index in [1.54, 1.807) is 6.07 Å². The molecule has 0 atom stereocenters. The number of amides is 2. The Bertz CT molecular complexity index is 1200. The van der Waals surface area contributed by atoms with E-state index in [0.29, 0.717) is 11.3 Å². The van der Waals surface area contributed by atoms with Crippen LogP contribution in [0.2, 0.25) is 0 Å². The van der Waals surface area contributed by atoms with Crippen LogP contribution in [0.5, 0.6) is 5.75 Å². The highest BCUT2D eigenvalue weighted by Crippen LogP contribution is 2.38. The first-order chi connectivity index (χ1) is 17.6. The smallest absolute Gasteiger partial charge is 0.325 e. The van der Waals surface area contributed by atoms with E-state index in [-0.39, 0.29) is 38.4 Å². The summed E-state index contributed by atoms with van der Waals surface area (Å²) in [4.78, 5) is 36.0. The van der Waals surface area contributed by atoms with Crippen LogP contribution < -0.4 is 21.1 Å². The predicted octanol–water partition coefficient (Wildman–Crippen LogP) is 2.34. The van der Waals surface area contributed by atoms with Crippen LogP contribution in [-0.4, -0.2) is 56.1 Å². The van der Waals surface area contributed by atoms with Crippen molar-refractivity contribution in [3.8, 4) is 5.75 Å². The van der Waals surface area contributed by atoms with Gasteiger partial charge in [0.2, 0.25) is 11.8 Å². The minimum Gasteiger partial charge on any atom is -0.425 e. The molecule has 10 nitrogen and oxygen atoms in total. The van der Waals surface area contributed by atoms with Crippen molar-refractivity contribution < 1.29 is 32.1 Å². The van der Waals surface area contributed by atoms with Gasteiger partial charge >= 0.3 is 5.97 Å². The third-order valence-electron chi connectivity index (χ3n) is 5.40. The molecule has 5 N–H and O–H groups in total. The molecule has 2 aromatic carbocycles. The van der Waals surface area contributed by atoms with Gasteiger partial charge in [-0.3, -0.25) is 18.9 Å². The average Bonchev–Trinajstić information content (AvgIpc) is 2.79. The first-order valence-electron chi connectivity index (χ1n) is 12.2. The zero-order chi connectivity index (χ0) is 28.9. The van der Waals surface area contributed by atoms with Crippen molar-refractivity contribution in [2.75, 3.05) is 25.4 Å². The van der Waals surface area contributed by atoms with Gasteiger partial charge in [-0.05, 0) is 44.4 Å². The summed E-state index contributed by atoms with van der Waals surface area (Å²) in [5.41, 5.74) is 8.41. The van der Waals surface area contributed by atoms with E-state index in [2.05, 4.69) is 29.7 Å². The number of hydrogen-bond acceptors (Lipinski definition) is 7. The molecule has 0 radical (unpaired) electrons. The van der Waals surface area contributed by atoms with Crippen molar-refractivity contribution >= 4 is 27.9 Å². The topological polar surface area (TPSA) is 165 Å². The maximum Gasteiger partial charge on any atom is 0.325 e. The molecule has 0 aliphatic rings. The fourth-order valence-electron chi connectivity index (χ4n) is 3.85. The monoisotopic (exact) mass is 549 g/mol. The highest BCUT2D eigenvalue weighted by Gasteiger charge is 2.30. The number of benzene rings is 2. The molecule has 210 valence electrons. The van der Waals surface area contributed by atoms with Gasteiger partial charge in [0, 0.05) is 23.9 Å². The first-order valence-corrected chi connectivity index (χ1v) is 13.8. The van der Waals surface area contributed by atoms with E-state index < -0.39 is 33.2 Å². The number of rotatable bonds is 11. The Morgan fingerprint density at radius 1 is 0.974 bits per heavy atom. The number of carbonyl (C=O) groups is 3. The van der Waals surface area contributed by atoms with Crippen LogP contribution in [0.1, 0.15) is 48.9 Å². The molecule has 0 spiro atoms. The summed E-state index contributed by atoms with van der Waals surface area (Å²) in [6.45, 7) is 8.99. The number of aryl methyl sites for hydroxylation is 3. The van der Waals surface area contributed by atoms with Crippen molar-refractivity contribution in [1.82, 2.24) is 10.6 Å². The van der Waals surface area contributed by atoms with Crippen LogP contribution in [0.15, 0.2) is 42.5 Å². The lowest BCUT2D eigenvalue weighted by molar-refractivity contribution is -0.132. The Morgan fingerprint density at radius 3 is 2.13 bits per heavy atom. The van der Waals surface area contributed by atoms with Gasteiger partial charge < -0.3 is 21.1 Å². The van der Waals surface area contributed by atoms with Crippen LogP contribution in [0.3, 0.4) is 0 Å². The molecule has 0 fully saturated rings. The van der Waals surface area contributed by atoms with Crippen LogP contribution in [0, 0.1) is 20.8 Å². The highest BCUT2D eigenvalue weighted by molar-refractivity contribution is 7.85. The molecule has 2 rings (SSSR count). The Labute approximate surface area is 225 Å². The van der Waals surface area contributed by atoms with Crippen LogP contribution in [-0.2, 0) is 29.9 Å². The summed E-state index contributed by atoms with van der Waals surface area (Å²) in [5, 5.41) is 4.98. The number of ether oxygens (including phenoxy) is 1. The Morgan fingerprint density at radius 2 is 1.61 bits per heavy atom. The fourth-order valence-corrected chi connectivity index (χ4v) is 4.36. The zero-order valence-electron chi connectivity index (χ0n) is 22.7. The molecule has 0 bridgehead atoms. The van der Waals surface area contributed by atoms with E-state index in [4.69, 9.17) is 15.0 Å². The summed E-state index contributed by atoms with van der Waals surface area (Å²) in [6.07, 6.45) is 0.0860. The third kappa shape index (κ3) is 12.8. The van der Waals surface area contributed by atoms with Crippen LogP contribution in [0.25, 0.3) is 0 Å². The quantitative estimate of drug-likeness (QED) is 0.143. The van der Waals surface area contributed by atoms with Crippen molar-refractivity contribution in [3.05, 3.63) is 64.7 Å². The molecule has 0 unspecified atom stereocenters. The molecule has 0 aliphatic carbocycles. The third-order valence-corrected chi connectivity index (χ3v) is 6.21. The lowest BCUT2D eigenvalue weighted by Crippen LogP contribution is -2.39. The van der Waals surface area contributed by atoms with Crippen molar-refractivity contribution in [3.63, 3.8) is 0 Å². The van der Waals surface area contributed by atoms with Gasteiger partial charge in [-0.2, -0.15) is 8.42 Å². The molecule has 11 heteroatoms. The molecule has 38 heavy (non-hydrogen) atoms. The van der Waals surface area contributed by atoms with E-state index in [1.165, 1.54) is 5.56 Å². The molecule has 0 aliphatic heterocycles. The molecule has 2 aromatic rings. The summed E-state index contributed by atoms with van der Waals surface area (Å²) in [7, 11) is -4.07. The molecule has 0 heterocycles. The van der Waals surface area contributed by atoms with Crippen molar-refractivity contribution in [2.24, 2.45) is 5.73 Å². The van der Waals surface area contributed by atoms with Crippen LogP contribution in [0.4, 0.5) is 0 Å². The second kappa shape index (κ2) is 15.2. The maximum atomic E-state index is 12.4. The number of nitrogens with one attached hydrogen (secondary N) is 2. The summed E-state index contributed by atoms with van der Waals surface area (Å²) in [5.74, 6) is -1.56. The molecule has 0 saturated carbocycles. The number of carbonyl (C=O) groups excluding carboxylic acids is 3. The van der Waals surface area contributed by atoms with Crippen molar-refractivity contribution in [2.45, 2.75) is 52.9 Å². The molecular formula is C27H39N3O7S. The number of nitrogens with two attached hydrogens (primary N) is 1. The normalized spacial score (nSPS) is 11.1. The molecule has 2 amide bonds. The number of esters is 1. The van der Waals surface area contributed by atoms with Gasteiger partial charge in [0.1, 0.15) is 5.75 Å². The SMILES string of the molecule is Cc1cc(C)c(C(C)(C)CC(=O)NCC(=O)NCCCS(=O)(=O)O)c(OC(=O)CN)c1.Cc1ccccc1. The second-order valence-electron chi connectivity index (χ2n) is 9.61. The first kappa shape index (κ1) is 32.7. The molecule has 0 aromatic heterocycles.